The molecule has 3 aromatic rings. The van der Waals surface area contributed by atoms with E-state index in [-0.39, 0.29) is 11.5 Å². The maximum Gasteiger partial charge on any atom is 0.300 e. The minimum atomic E-state index is -0.683. The van der Waals surface area contributed by atoms with E-state index in [0.29, 0.717) is 29.9 Å². The average Bonchev–Trinajstić information content (AvgIpc) is 2.98. The summed E-state index contributed by atoms with van der Waals surface area (Å²) in [6.45, 7) is 1.97. The Balaban J connectivity index is 1.85. The van der Waals surface area contributed by atoms with Crippen LogP contribution in [0.3, 0.4) is 0 Å². The molecule has 0 radical (unpaired) electrons. The number of carbonyl (C=O) groups excluding carboxylic acids is 1. The quantitative estimate of drug-likeness (QED) is 0.601. The zero-order chi connectivity index (χ0) is 18.8. The molecule has 6 nitrogen and oxygen atoms in total. The van der Waals surface area contributed by atoms with Crippen molar-refractivity contribution in [3.8, 4) is 22.6 Å². The first-order chi connectivity index (χ1) is 13.0. The van der Waals surface area contributed by atoms with Crippen LogP contribution in [0.5, 0.6) is 0 Å². The van der Waals surface area contributed by atoms with Crippen molar-refractivity contribution in [1.82, 2.24) is 14.8 Å². The summed E-state index contributed by atoms with van der Waals surface area (Å²) in [6.07, 6.45) is 1.04. The Bertz CT molecular complexity index is 1160. The summed E-state index contributed by atoms with van der Waals surface area (Å²) < 4.78 is 2.60. The molecule has 1 aromatic heterocycles. The molecule has 27 heavy (non-hydrogen) atoms. The fourth-order valence-electron chi connectivity index (χ4n) is 3.99. The van der Waals surface area contributed by atoms with Gasteiger partial charge in [-0.15, -0.1) is 0 Å². The van der Waals surface area contributed by atoms with E-state index in [4.69, 9.17) is 5.10 Å². The molecule has 3 heterocycles. The second kappa shape index (κ2) is 5.60. The van der Waals surface area contributed by atoms with Crippen LogP contribution in [0.15, 0.2) is 57.8 Å². The van der Waals surface area contributed by atoms with Gasteiger partial charge in [-0.1, -0.05) is 46.3 Å². The Morgan fingerprint density at radius 2 is 1.89 bits per heavy atom. The highest BCUT2D eigenvalue weighted by molar-refractivity contribution is 9.10. The van der Waals surface area contributed by atoms with Crippen molar-refractivity contribution in [3.63, 3.8) is 0 Å². The van der Waals surface area contributed by atoms with Crippen molar-refractivity contribution in [2.75, 3.05) is 4.90 Å². The predicted molar refractivity (Wildman–Crippen MR) is 105 cm³/mol. The highest BCUT2D eigenvalue weighted by Crippen LogP contribution is 2.48. The number of benzene rings is 2. The highest BCUT2D eigenvalue weighted by atomic mass is 79.9. The molecule has 0 saturated carbocycles. The summed E-state index contributed by atoms with van der Waals surface area (Å²) in [5, 5.41) is 4.69. The van der Waals surface area contributed by atoms with Gasteiger partial charge in [0.1, 0.15) is 5.66 Å². The van der Waals surface area contributed by atoms with Gasteiger partial charge in [-0.3, -0.25) is 14.5 Å². The zero-order valence-electron chi connectivity index (χ0n) is 14.5. The Hall–Kier alpha value is -2.80. The normalized spacial score (nSPS) is 20.2. The summed E-state index contributed by atoms with van der Waals surface area (Å²) >= 11 is 3.47. The number of halogens is 1. The van der Waals surface area contributed by atoms with E-state index < -0.39 is 5.66 Å². The van der Waals surface area contributed by atoms with Gasteiger partial charge in [0.05, 0.1) is 5.69 Å². The maximum atomic E-state index is 12.8. The van der Waals surface area contributed by atoms with Crippen molar-refractivity contribution >= 4 is 27.5 Å². The SMILES string of the molecule is CC12CCC(=O)N1c1ccc(Br)cc1-c1nc(=O)c(-c3ccccc3)nn12. The first-order valence-electron chi connectivity index (χ1n) is 8.69. The fraction of sp³-hybridized carbons (Fsp3) is 0.200. The number of carbonyl (C=O) groups is 1. The fourth-order valence-corrected chi connectivity index (χ4v) is 4.35. The number of fused-ring (bicyclic) bond motifs is 6. The lowest BCUT2D eigenvalue weighted by Crippen LogP contribution is -2.51. The van der Waals surface area contributed by atoms with Gasteiger partial charge in [-0.2, -0.15) is 10.1 Å². The van der Waals surface area contributed by atoms with E-state index in [1.807, 2.05) is 55.5 Å². The van der Waals surface area contributed by atoms with Gasteiger partial charge in [0, 0.05) is 28.4 Å². The number of anilines is 1. The summed E-state index contributed by atoms with van der Waals surface area (Å²) in [6, 6.07) is 14.9. The third-order valence-electron chi connectivity index (χ3n) is 5.30. The van der Waals surface area contributed by atoms with Crippen LogP contribution in [0.1, 0.15) is 19.8 Å². The van der Waals surface area contributed by atoms with Crippen LogP contribution in [-0.4, -0.2) is 20.7 Å². The van der Waals surface area contributed by atoms with Crippen molar-refractivity contribution < 1.29 is 4.79 Å². The van der Waals surface area contributed by atoms with Crippen LogP contribution < -0.4 is 10.5 Å². The number of nitrogens with zero attached hydrogens (tertiary/aromatic N) is 4. The zero-order valence-corrected chi connectivity index (χ0v) is 16.1. The van der Waals surface area contributed by atoms with Crippen LogP contribution in [0.25, 0.3) is 22.6 Å². The topological polar surface area (TPSA) is 68.1 Å². The van der Waals surface area contributed by atoms with Gasteiger partial charge < -0.3 is 0 Å². The highest BCUT2D eigenvalue weighted by Gasteiger charge is 2.49. The average molecular weight is 423 g/mol. The molecule has 1 amide bonds. The Labute approximate surface area is 163 Å². The second-order valence-electron chi connectivity index (χ2n) is 6.97. The Morgan fingerprint density at radius 3 is 2.67 bits per heavy atom. The molecule has 134 valence electrons. The number of hydrogen-bond donors (Lipinski definition) is 0. The smallest absolute Gasteiger partial charge is 0.286 e. The van der Waals surface area contributed by atoms with Crippen molar-refractivity contribution in [3.05, 3.63) is 63.4 Å². The summed E-state index contributed by atoms with van der Waals surface area (Å²) in [5.41, 5.74) is 1.44. The van der Waals surface area contributed by atoms with Crippen molar-refractivity contribution in [1.29, 1.82) is 0 Å². The van der Waals surface area contributed by atoms with E-state index in [1.165, 1.54) is 0 Å². The summed E-state index contributed by atoms with van der Waals surface area (Å²) in [4.78, 5) is 31.6. The van der Waals surface area contributed by atoms with E-state index >= 15 is 0 Å². The van der Waals surface area contributed by atoms with Crippen LogP contribution in [0.2, 0.25) is 0 Å². The van der Waals surface area contributed by atoms with Gasteiger partial charge in [0.2, 0.25) is 5.91 Å². The molecule has 0 N–H and O–H groups in total. The molecule has 2 aliphatic rings. The molecule has 1 fully saturated rings. The van der Waals surface area contributed by atoms with Crippen LogP contribution in [0.4, 0.5) is 5.69 Å². The number of rotatable bonds is 1. The molecular weight excluding hydrogens is 408 g/mol. The molecule has 7 heteroatoms. The minimum Gasteiger partial charge on any atom is -0.286 e. The third-order valence-corrected chi connectivity index (χ3v) is 5.79. The van der Waals surface area contributed by atoms with Crippen LogP contribution in [0, 0.1) is 0 Å². The standard InChI is InChI=1S/C20H15BrN4O2/c1-20-10-9-16(26)24(20)15-8-7-13(21)11-14(15)18-22-19(27)17(23-25(18)20)12-5-3-2-4-6-12/h2-8,11H,9-10H2,1H3. The summed E-state index contributed by atoms with van der Waals surface area (Å²) in [5.74, 6) is 0.540. The first kappa shape index (κ1) is 16.4. The molecule has 1 saturated heterocycles. The molecular formula is C20H15BrN4O2. The Morgan fingerprint density at radius 1 is 1.11 bits per heavy atom. The lowest BCUT2D eigenvalue weighted by molar-refractivity contribution is -0.117. The molecule has 0 spiro atoms. The molecule has 2 aromatic carbocycles. The van der Waals surface area contributed by atoms with E-state index in [1.54, 1.807) is 9.58 Å². The second-order valence-corrected chi connectivity index (χ2v) is 7.89. The van der Waals surface area contributed by atoms with E-state index in [0.717, 1.165) is 15.7 Å². The largest absolute Gasteiger partial charge is 0.300 e. The van der Waals surface area contributed by atoms with Crippen molar-refractivity contribution in [2.45, 2.75) is 25.4 Å². The van der Waals surface area contributed by atoms with Crippen LogP contribution in [-0.2, 0) is 10.5 Å². The van der Waals surface area contributed by atoms with E-state index in [9.17, 15) is 9.59 Å². The van der Waals surface area contributed by atoms with Gasteiger partial charge in [-0.05, 0) is 25.1 Å². The number of aromatic nitrogens is 3. The number of amides is 1. The molecule has 5 rings (SSSR count). The minimum absolute atomic E-state index is 0.0495. The predicted octanol–water partition coefficient (Wildman–Crippen LogP) is 3.55. The molecule has 0 aliphatic carbocycles. The van der Waals surface area contributed by atoms with Gasteiger partial charge in [0.15, 0.2) is 11.5 Å². The van der Waals surface area contributed by atoms with Gasteiger partial charge in [-0.25, -0.2) is 4.68 Å². The van der Waals surface area contributed by atoms with Gasteiger partial charge in [0.25, 0.3) is 5.56 Å². The molecule has 1 atom stereocenters. The summed E-state index contributed by atoms with van der Waals surface area (Å²) in [7, 11) is 0. The molecule has 1 unspecified atom stereocenters. The Kier molecular flexibility index (Phi) is 3.40. The lowest BCUT2D eigenvalue weighted by atomic mass is 10.0. The van der Waals surface area contributed by atoms with Crippen molar-refractivity contribution in [2.24, 2.45) is 0 Å². The van der Waals surface area contributed by atoms with Gasteiger partial charge >= 0.3 is 0 Å². The first-order valence-corrected chi connectivity index (χ1v) is 9.48. The number of hydrogen-bond acceptors (Lipinski definition) is 4. The lowest BCUT2D eigenvalue weighted by Gasteiger charge is -2.42. The third kappa shape index (κ3) is 2.24. The molecule has 0 bridgehead atoms. The maximum absolute atomic E-state index is 12.8. The molecule has 2 aliphatic heterocycles. The monoisotopic (exact) mass is 422 g/mol. The van der Waals surface area contributed by atoms with E-state index in [2.05, 4.69) is 20.9 Å². The van der Waals surface area contributed by atoms with Crippen LogP contribution >= 0.6 is 15.9 Å².